The number of halogens is 1. The molecule has 0 aliphatic carbocycles. The average molecular weight is 599 g/mol. The summed E-state index contributed by atoms with van der Waals surface area (Å²) in [4.78, 5) is 18.8. The zero-order valence-corrected chi connectivity index (χ0v) is 25.6. The van der Waals surface area contributed by atoms with Crippen LogP contribution in [0.2, 0.25) is 5.02 Å². The van der Waals surface area contributed by atoms with Gasteiger partial charge in [-0.05, 0) is 92.9 Å². The summed E-state index contributed by atoms with van der Waals surface area (Å²) in [6.45, 7) is 7.75. The second kappa shape index (κ2) is 10.8. The molecule has 0 spiro atoms. The lowest BCUT2D eigenvalue weighted by molar-refractivity contribution is -0.0821. The van der Waals surface area contributed by atoms with E-state index >= 15 is 0 Å². The van der Waals surface area contributed by atoms with E-state index in [4.69, 9.17) is 21.3 Å². The van der Waals surface area contributed by atoms with Crippen LogP contribution in [0.1, 0.15) is 38.0 Å². The van der Waals surface area contributed by atoms with Gasteiger partial charge < -0.3 is 9.84 Å². The van der Waals surface area contributed by atoms with Crippen molar-refractivity contribution in [3.63, 3.8) is 0 Å². The van der Waals surface area contributed by atoms with Gasteiger partial charge in [-0.15, -0.1) is 11.3 Å². The van der Waals surface area contributed by atoms with Crippen LogP contribution in [-0.4, -0.2) is 36.6 Å². The van der Waals surface area contributed by atoms with Gasteiger partial charge in [0.2, 0.25) is 0 Å². The molecule has 6 aromatic rings. The van der Waals surface area contributed by atoms with E-state index in [1.807, 2.05) is 100 Å². The quantitative estimate of drug-likeness (QED) is 0.215. The van der Waals surface area contributed by atoms with Crippen LogP contribution >= 0.6 is 22.9 Å². The van der Waals surface area contributed by atoms with Gasteiger partial charge in [0.1, 0.15) is 11.1 Å². The normalized spacial score (nSPS) is 12.8. The molecule has 3 heterocycles. The summed E-state index contributed by atoms with van der Waals surface area (Å²) in [5, 5.41) is 17.0. The van der Waals surface area contributed by atoms with E-state index in [2.05, 4.69) is 5.10 Å². The molecule has 6 rings (SSSR count). The second-order valence-corrected chi connectivity index (χ2v) is 12.8. The summed E-state index contributed by atoms with van der Waals surface area (Å²) in [7, 11) is 1.89. The number of thiazole rings is 1. The van der Waals surface area contributed by atoms with Crippen LogP contribution in [0, 0.1) is 6.92 Å². The van der Waals surface area contributed by atoms with Crippen molar-refractivity contribution in [1.82, 2.24) is 19.3 Å². The van der Waals surface area contributed by atoms with Crippen LogP contribution in [0.15, 0.2) is 77.9 Å². The first-order chi connectivity index (χ1) is 20.0. The largest absolute Gasteiger partial charge is 0.393 e. The van der Waals surface area contributed by atoms with Crippen LogP contribution in [0.25, 0.3) is 48.5 Å². The maximum atomic E-state index is 13.9. The maximum absolute atomic E-state index is 13.9. The highest BCUT2D eigenvalue weighted by Crippen LogP contribution is 2.44. The molecule has 3 aromatic heterocycles. The van der Waals surface area contributed by atoms with Crippen molar-refractivity contribution in [3.8, 4) is 27.4 Å². The molecule has 0 saturated heterocycles. The lowest BCUT2D eigenvalue weighted by Crippen LogP contribution is -2.25. The Bertz CT molecular complexity index is 2000. The number of benzene rings is 3. The van der Waals surface area contributed by atoms with E-state index in [1.54, 1.807) is 17.0 Å². The Morgan fingerprint density at radius 3 is 2.57 bits per heavy atom. The minimum absolute atomic E-state index is 0.158. The van der Waals surface area contributed by atoms with Gasteiger partial charge in [-0.3, -0.25) is 14.0 Å². The number of fused-ring (bicyclic) bond motifs is 2. The first-order valence-electron chi connectivity index (χ1n) is 13.7. The zero-order chi connectivity index (χ0) is 29.8. The van der Waals surface area contributed by atoms with E-state index in [0.717, 1.165) is 49.1 Å². The highest BCUT2D eigenvalue weighted by Gasteiger charge is 2.27. The third kappa shape index (κ3) is 5.16. The molecule has 0 fully saturated rings. The fraction of sp³-hybridized carbons (Fsp3) is 0.242. The highest BCUT2D eigenvalue weighted by atomic mass is 35.5. The third-order valence-electron chi connectivity index (χ3n) is 7.23. The van der Waals surface area contributed by atoms with E-state index in [0.29, 0.717) is 15.6 Å². The van der Waals surface area contributed by atoms with Crippen LogP contribution in [0.5, 0.6) is 0 Å². The van der Waals surface area contributed by atoms with Gasteiger partial charge in [0, 0.05) is 34.9 Å². The Balaban J connectivity index is 1.55. The van der Waals surface area contributed by atoms with Gasteiger partial charge in [-0.1, -0.05) is 23.7 Å². The average Bonchev–Trinajstić information content (AvgIpc) is 3.54. The first-order valence-corrected chi connectivity index (χ1v) is 14.9. The van der Waals surface area contributed by atoms with Crippen LogP contribution in [0.3, 0.4) is 0 Å². The van der Waals surface area contributed by atoms with Crippen LogP contribution < -0.4 is 5.56 Å². The summed E-state index contributed by atoms with van der Waals surface area (Å²) in [5.74, 6) is 0. The molecule has 9 heteroatoms. The fourth-order valence-electron chi connectivity index (χ4n) is 5.42. The molecule has 7 nitrogen and oxygen atoms in total. The number of ether oxygens (including phenoxy) is 1. The summed E-state index contributed by atoms with van der Waals surface area (Å²) in [5.41, 5.74) is 6.11. The molecule has 0 saturated carbocycles. The monoisotopic (exact) mass is 598 g/mol. The van der Waals surface area contributed by atoms with E-state index in [9.17, 15) is 9.90 Å². The van der Waals surface area contributed by atoms with Crippen LogP contribution in [-0.2, 0) is 11.8 Å². The molecule has 3 aromatic carbocycles. The molecule has 0 aliphatic rings. The Morgan fingerprint density at radius 2 is 1.86 bits per heavy atom. The number of aryl methyl sites for hydroxylation is 2. The van der Waals surface area contributed by atoms with Gasteiger partial charge in [-0.25, -0.2) is 4.98 Å². The number of hydrogen-bond donors (Lipinski definition) is 1. The molecule has 0 radical (unpaired) electrons. The van der Waals surface area contributed by atoms with Gasteiger partial charge in [0.25, 0.3) is 5.56 Å². The number of nitrogens with zero attached hydrogens (tertiary/aromatic N) is 4. The van der Waals surface area contributed by atoms with Crippen LogP contribution in [0.4, 0.5) is 0 Å². The molecule has 0 bridgehead atoms. The number of aliphatic hydroxyl groups is 1. The minimum atomic E-state index is -0.554. The maximum Gasteiger partial charge on any atom is 0.265 e. The summed E-state index contributed by atoms with van der Waals surface area (Å²) >= 11 is 7.71. The van der Waals surface area contributed by atoms with Gasteiger partial charge >= 0.3 is 0 Å². The Hall–Kier alpha value is -3.82. The van der Waals surface area contributed by atoms with Gasteiger partial charge in [-0.2, -0.15) is 5.10 Å². The Kier molecular flexibility index (Phi) is 7.27. The molecule has 0 amide bonds. The van der Waals surface area contributed by atoms with Crippen molar-refractivity contribution >= 4 is 44.1 Å². The summed E-state index contributed by atoms with van der Waals surface area (Å²) in [6, 6.07) is 19.2. The first kappa shape index (κ1) is 28.3. The smallest absolute Gasteiger partial charge is 0.265 e. The zero-order valence-electron chi connectivity index (χ0n) is 24.1. The molecule has 42 heavy (non-hydrogen) atoms. The molecule has 1 atom stereocenters. The van der Waals surface area contributed by atoms with E-state index in [-0.39, 0.29) is 12.2 Å². The Morgan fingerprint density at radius 1 is 1.10 bits per heavy atom. The molecule has 214 valence electrons. The highest BCUT2D eigenvalue weighted by molar-refractivity contribution is 7.22. The lowest BCUT2D eigenvalue weighted by Gasteiger charge is -2.29. The second-order valence-electron chi connectivity index (χ2n) is 11.4. The molecule has 0 unspecified atom stereocenters. The minimum Gasteiger partial charge on any atom is -0.393 e. The third-order valence-corrected chi connectivity index (χ3v) is 8.60. The molecule has 0 aliphatic heterocycles. The van der Waals surface area contributed by atoms with Gasteiger partial charge in [0.05, 0.1) is 39.7 Å². The van der Waals surface area contributed by atoms with Crippen molar-refractivity contribution in [3.05, 3.63) is 99.6 Å². The van der Waals surface area contributed by atoms with Crippen molar-refractivity contribution in [2.24, 2.45) is 7.05 Å². The number of pyridine rings is 1. The number of aromatic nitrogens is 4. The predicted octanol–water partition coefficient (Wildman–Crippen LogP) is 7.48. The van der Waals surface area contributed by atoms with E-state index in [1.165, 1.54) is 11.3 Å². The van der Waals surface area contributed by atoms with Crippen molar-refractivity contribution < 1.29 is 9.84 Å². The van der Waals surface area contributed by atoms with Crippen molar-refractivity contribution in [2.75, 3.05) is 6.61 Å². The van der Waals surface area contributed by atoms with Crippen molar-refractivity contribution in [2.45, 2.75) is 39.4 Å². The molecular weight excluding hydrogens is 568 g/mol. The van der Waals surface area contributed by atoms with E-state index < -0.39 is 11.7 Å². The topological polar surface area (TPSA) is 82.2 Å². The molecule has 1 N–H and O–H groups in total. The Labute approximate surface area is 252 Å². The summed E-state index contributed by atoms with van der Waals surface area (Å²) in [6.07, 6.45) is 3.01. The number of hydrogen-bond acceptors (Lipinski definition) is 6. The van der Waals surface area contributed by atoms with Crippen molar-refractivity contribution in [1.29, 1.82) is 0 Å². The number of rotatable bonds is 6. The fourth-order valence-corrected chi connectivity index (χ4v) is 6.69. The van der Waals surface area contributed by atoms with Gasteiger partial charge in [0.15, 0.2) is 0 Å². The summed E-state index contributed by atoms with van der Waals surface area (Å²) < 4.78 is 10.7. The lowest BCUT2D eigenvalue weighted by atomic mass is 9.91. The number of aliphatic hydroxyl groups excluding tert-OH is 1. The molecular formula is C33H31ClN4O3S. The SMILES string of the molecule is Cc1cc2nc(-c3cccn(-c4ccc5c(cnn5C)c4)c3=O)sc2c(-c2ccc(Cl)cc2)c1[C@@H](CO)OC(C)(C)C. The standard InChI is InChI=1S/C33H31ClN4O3S/c1-19-15-25-30(29(20-8-10-22(34)11-9-20)28(19)27(18-39)41-33(2,3)4)42-31(36-25)24-7-6-14-38(32(24)40)23-12-13-26-21(16-23)17-35-37(26)5/h6-17,27,39H,18H2,1-5H3/t27-/m1/s1. The predicted molar refractivity (Wildman–Crippen MR) is 171 cm³/mol.